The fourth-order valence-electron chi connectivity index (χ4n) is 0.786. The van der Waals surface area contributed by atoms with Crippen molar-refractivity contribution in [2.24, 2.45) is 15.7 Å². The SMILES string of the molecule is N[C@@H](CC1=NC(S)N=C1)C(=O)O. The zero-order chi connectivity index (χ0) is 9.14. The Morgan fingerprint density at radius 1 is 1.92 bits per heavy atom. The molecule has 0 saturated carbocycles. The molecular weight excluding hydrogens is 178 g/mol. The molecule has 6 heteroatoms. The van der Waals surface area contributed by atoms with E-state index in [0.717, 1.165) is 0 Å². The van der Waals surface area contributed by atoms with Gasteiger partial charge in [-0.05, 0) is 0 Å². The van der Waals surface area contributed by atoms with Gasteiger partial charge >= 0.3 is 5.97 Å². The van der Waals surface area contributed by atoms with E-state index >= 15 is 0 Å². The van der Waals surface area contributed by atoms with Crippen molar-refractivity contribution in [3.8, 4) is 0 Å². The average Bonchev–Trinajstić information content (AvgIpc) is 2.35. The molecule has 0 spiro atoms. The summed E-state index contributed by atoms with van der Waals surface area (Å²) in [5.74, 6) is -1.03. The van der Waals surface area contributed by atoms with Crippen LogP contribution in [0.4, 0.5) is 0 Å². The lowest BCUT2D eigenvalue weighted by Crippen LogP contribution is -2.32. The Kier molecular flexibility index (Phi) is 2.83. The summed E-state index contributed by atoms with van der Waals surface area (Å²) in [5, 5.41) is 8.46. The van der Waals surface area contributed by atoms with Crippen molar-refractivity contribution in [3.63, 3.8) is 0 Å². The van der Waals surface area contributed by atoms with Crippen molar-refractivity contribution in [2.75, 3.05) is 0 Å². The zero-order valence-electron chi connectivity index (χ0n) is 6.21. The summed E-state index contributed by atoms with van der Waals surface area (Å²) in [4.78, 5) is 18.1. The molecule has 3 N–H and O–H groups in total. The predicted octanol–water partition coefficient (Wildman–Crippen LogP) is -0.473. The van der Waals surface area contributed by atoms with Gasteiger partial charge < -0.3 is 10.8 Å². The third-order valence-corrected chi connectivity index (χ3v) is 1.63. The van der Waals surface area contributed by atoms with Crippen LogP contribution in [0.3, 0.4) is 0 Å². The first-order chi connectivity index (χ1) is 5.59. The fraction of sp³-hybridized carbons (Fsp3) is 0.500. The van der Waals surface area contributed by atoms with E-state index in [2.05, 4.69) is 22.6 Å². The van der Waals surface area contributed by atoms with Crippen LogP contribution in [0.25, 0.3) is 0 Å². The minimum Gasteiger partial charge on any atom is -0.480 e. The molecular formula is C6H9N3O2S. The van der Waals surface area contributed by atoms with Crippen molar-refractivity contribution in [1.29, 1.82) is 0 Å². The smallest absolute Gasteiger partial charge is 0.320 e. The monoisotopic (exact) mass is 187 g/mol. The molecule has 0 radical (unpaired) electrons. The molecule has 66 valence electrons. The summed E-state index contributed by atoms with van der Waals surface area (Å²) in [7, 11) is 0. The summed E-state index contributed by atoms with van der Waals surface area (Å²) in [5.41, 5.74) is 5.47. The first kappa shape index (κ1) is 9.21. The summed E-state index contributed by atoms with van der Waals surface area (Å²) >= 11 is 3.95. The molecule has 1 aliphatic rings. The van der Waals surface area contributed by atoms with E-state index in [9.17, 15) is 4.79 Å². The molecule has 0 saturated heterocycles. The number of carbonyl (C=O) groups is 1. The van der Waals surface area contributed by atoms with Crippen LogP contribution >= 0.6 is 12.6 Å². The number of nitrogens with two attached hydrogens (primary N) is 1. The number of carboxylic acid groups (broad SMARTS) is 1. The Balaban J connectivity index is 2.48. The first-order valence-corrected chi connectivity index (χ1v) is 3.87. The highest BCUT2D eigenvalue weighted by atomic mass is 32.1. The van der Waals surface area contributed by atoms with Gasteiger partial charge in [0.15, 0.2) is 5.50 Å². The molecule has 0 aromatic carbocycles. The molecule has 2 atom stereocenters. The van der Waals surface area contributed by atoms with Crippen LogP contribution in [-0.4, -0.2) is 34.5 Å². The second-order valence-electron chi connectivity index (χ2n) is 2.39. The van der Waals surface area contributed by atoms with Crippen LogP contribution in [0.15, 0.2) is 9.98 Å². The van der Waals surface area contributed by atoms with E-state index in [0.29, 0.717) is 5.71 Å². The number of hydrogen-bond donors (Lipinski definition) is 3. The van der Waals surface area contributed by atoms with E-state index in [4.69, 9.17) is 10.8 Å². The maximum absolute atomic E-state index is 10.3. The van der Waals surface area contributed by atoms with Crippen molar-refractivity contribution in [1.82, 2.24) is 0 Å². The normalized spacial score (nSPS) is 23.8. The van der Waals surface area contributed by atoms with E-state index in [1.165, 1.54) is 6.21 Å². The molecule has 1 rings (SSSR count). The Bertz CT molecular complexity index is 251. The van der Waals surface area contributed by atoms with Gasteiger partial charge in [-0.3, -0.25) is 14.8 Å². The molecule has 1 aliphatic heterocycles. The number of thiol groups is 1. The minimum atomic E-state index is -1.03. The van der Waals surface area contributed by atoms with Crippen molar-refractivity contribution in [3.05, 3.63) is 0 Å². The highest BCUT2D eigenvalue weighted by Crippen LogP contribution is 2.07. The van der Waals surface area contributed by atoms with Gasteiger partial charge in [0.05, 0.1) is 5.71 Å². The van der Waals surface area contributed by atoms with E-state index in [1.54, 1.807) is 0 Å². The van der Waals surface area contributed by atoms with E-state index in [-0.39, 0.29) is 11.9 Å². The molecule has 0 fully saturated rings. The lowest BCUT2D eigenvalue weighted by Gasteiger charge is -2.02. The quantitative estimate of drug-likeness (QED) is 0.522. The number of hydrogen-bond acceptors (Lipinski definition) is 5. The average molecular weight is 187 g/mol. The summed E-state index contributed by atoms with van der Waals surface area (Å²) < 4.78 is 0. The standard InChI is InChI=1S/C6H9N3O2S/c7-4(5(10)11)1-3-2-8-6(12)9-3/h2,4,6,12H,1,7H2,(H,10,11)/t4-,6?/m0/s1. The molecule has 0 aromatic rings. The number of aliphatic carboxylic acids is 1. The van der Waals surface area contributed by atoms with E-state index in [1.807, 2.05) is 0 Å². The number of carboxylic acids is 1. The van der Waals surface area contributed by atoms with Gasteiger partial charge in [-0.15, -0.1) is 12.6 Å². The predicted molar refractivity (Wildman–Crippen MR) is 48.9 cm³/mol. The molecule has 0 bridgehead atoms. The maximum Gasteiger partial charge on any atom is 0.320 e. The molecule has 1 unspecified atom stereocenters. The minimum absolute atomic E-state index is 0.204. The fourth-order valence-corrected chi connectivity index (χ4v) is 1.00. The number of aliphatic imine (C=N–C) groups is 2. The van der Waals surface area contributed by atoms with Gasteiger partial charge in [-0.2, -0.15) is 0 Å². The number of nitrogens with zero attached hydrogens (tertiary/aromatic N) is 2. The van der Waals surface area contributed by atoms with Gasteiger partial charge in [0.25, 0.3) is 0 Å². The Morgan fingerprint density at radius 3 is 3.00 bits per heavy atom. The van der Waals surface area contributed by atoms with Crippen LogP contribution in [-0.2, 0) is 4.79 Å². The van der Waals surface area contributed by atoms with Gasteiger partial charge in [-0.1, -0.05) is 0 Å². The largest absolute Gasteiger partial charge is 0.480 e. The number of rotatable bonds is 3. The van der Waals surface area contributed by atoms with Crippen LogP contribution in [0.1, 0.15) is 6.42 Å². The van der Waals surface area contributed by atoms with Gasteiger partial charge in [0, 0.05) is 12.6 Å². The summed E-state index contributed by atoms with van der Waals surface area (Å²) in [6, 6.07) is -0.908. The second kappa shape index (κ2) is 3.68. The molecule has 0 aliphatic carbocycles. The first-order valence-electron chi connectivity index (χ1n) is 3.36. The molecule has 0 aromatic heterocycles. The molecule has 0 amide bonds. The molecule has 5 nitrogen and oxygen atoms in total. The van der Waals surface area contributed by atoms with Crippen LogP contribution in [0.2, 0.25) is 0 Å². The van der Waals surface area contributed by atoms with Crippen LogP contribution < -0.4 is 5.73 Å². The Hall–Kier alpha value is -0.880. The maximum atomic E-state index is 10.3. The van der Waals surface area contributed by atoms with Crippen molar-refractivity contribution in [2.45, 2.75) is 18.0 Å². The Morgan fingerprint density at radius 2 is 2.58 bits per heavy atom. The van der Waals surface area contributed by atoms with Gasteiger partial charge in [-0.25, -0.2) is 0 Å². The van der Waals surface area contributed by atoms with Crippen LogP contribution in [0.5, 0.6) is 0 Å². The highest BCUT2D eigenvalue weighted by molar-refractivity contribution is 7.80. The summed E-state index contributed by atoms with van der Waals surface area (Å²) in [6.07, 6.45) is 1.70. The third-order valence-electron chi connectivity index (χ3n) is 1.38. The van der Waals surface area contributed by atoms with E-state index < -0.39 is 12.0 Å². The highest BCUT2D eigenvalue weighted by Gasteiger charge is 2.16. The zero-order valence-corrected chi connectivity index (χ0v) is 7.11. The molecule has 12 heavy (non-hydrogen) atoms. The van der Waals surface area contributed by atoms with Gasteiger partial charge in [0.1, 0.15) is 6.04 Å². The lowest BCUT2D eigenvalue weighted by molar-refractivity contribution is -0.138. The third kappa shape index (κ3) is 2.31. The molecule has 1 heterocycles. The topological polar surface area (TPSA) is 88.0 Å². The summed E-state index contributed by atoms with van der Waals surface area (Å²) in [6.45, 7) is 0. The van der Waals surface area contributed by atoms with Crippen LogP contribution in [0, 0.1) is 0 Å². The van der Waals surface area contributed by atoms with Gasteiger partial charge in [0.2, 0.25) is 0 Å². The second-order valence-corrected chi connectivity index (χ2v) is 2.86. The lowest BCUT2D eigenvalue weighted by atomic mass is 10.1. The Labute approximate surface area is 74.8 Å². The van der Waals surface area contributed by atoms with Crippen molar-refractivity contribution >= 4 is 30.5 Å². The van der Waals surface area contributed by atoms with Crippen molar-refractivity contribution < 1.29 is 9.90 Å².